The molecular weight excluding hydrogens is 309 g/mol. The van der Waals surface area contributed by atoms with Gasteiger partial charge in [0.05, 0.1) is 6.04 Å². The highest BCUT2D eigenvalue weighted by atomic mass is 79.9. The van der Waals surface area contributed by atoms with Gasteiger partial charge >= 0.3 is 0 Å². The molecule has 1 unspecified atom stereocenters. The van der Waals surface area contributed by atoms with E-state index in [1.165, 1.54) is 12.1 Å². The molecule has 1 heterocycles. The van der Waals surface area contributed by atoms with E-state index in [1.54, 1.807) is 6.20 Å². The van der Waals surface area contributed by atoms with E-state index in [0.717, 1.165) is 21.3 Å². The van der Waals surface area contributed by atoms with Crippen LogP contribution in [0.3, 0.4) is 0 Å². The highest BCUT2D eigenvalue weighted by Crippen LogP contribution is 2.21. The lowest BCUT2D eigenvalue weighted by molar-refractivity contribution is 0.547. The molecule has 2 rings (SSSR count). The maximum absolute atomic E-state index is 13.4. The van der Waals surface area contributed by atoms with Gasteiger partial charge in [0.1, 0.15) is 5.82 Å². The van der Waals surface area contributed by atoms with Crippen LogP contribution in [-0.4, -0.2) is 4.98 Å². The predicted molar refractivity (Wildman–Crippen MR) is 76.8 cm³/mol. The molecule has 0 aliphatic rings. The van der Waals surface area contributed by atoms with Crippen molar-refractivity contribution in [2.24, 2.45) is 5.84 Å². The minimum absolute atomic E-state index is 0.0737. The number of nitrogens with zero attached hydrogens (tertiary/aromatic N) is 1. The van der Waals surface area contributed by atoms with Gasteiger partial charge in [0.2, 0.25) is 0 Å². The average Bonchev–Trinajstić information content (AvgIpc) is 2.34. The average molecular weight is 324 g/mol. The standard InChI is InChI=1S/C14H15BrFN3/c1-9-4-11(2-3-18-9)14(19-17)7-10-5-12(15)8-13(16)6-10/h2-6,8,14,19H,7,17H2,1H3. The molecule has 1 atom stereocenters. The lowest BCUT2D eigenvalue weighted by Gasteiger charge is -2.17. The van der Waals surface area contributed by atoms with E-state index in [2.05, 4.69) is 26.3 Å². The first-order valence-electron chi connectivity index (χ1n) is 5.92. The molecule has 0 aliphatic heterocycles. The third-order valence-corrected chi connectivity index (χ3v) is 3.34. The van der Waals surface area contributed by atoms with Gasteiger partial charge in [-0.3, -0.25) is 16.3 Å². The van der Waals surface area contributed by atoms with Crippen LogP contribution in [0.15, 0.2) is 41.0 Å². The van der Waals surface area contributed by atoms with Gasteiger partial charge in [-0.05, 0) is 54.8 Å². The number of halogens is 2. The normalized spacial score (nSPS) is 12.4. The molecule has 0 saturated heterocycles. The largest absolute Gasteiger partial charge is 0.271 e. The molecule has 0 radical (unpaired) electrons. The van der Waals surface area contributed by atoms with E-state index in [0.29, 0.717) is 6.42 Å². The Morgan fingerprint density at radius 3 is 2.79 bits per heavy atom. The van der Waals surface area contributed by atoms with E-state index < -0.39 is 0 Å². The molecule has 3 N–H and O–H groups in total. The Balaban J connectivity index is 2.23. The number of pyridine rings is 1. The number of rotatable bonds is 4. The second-order valence-electron chi connectivity index (χ2n) is 4.43. The number of benzene rings is 1. The second kappa shape index (κ2) is 6.23. The molecule has 0 saturated carbocycles. The lowest BCUT2D eigenvalue weighted by Crippen LogP contribution is -2.29. The zero-order valence-electron chi connectivity index (χ0n) is 10.5. The minimum Gasteiger partial charge on any atom is -0.271 e. The number of hydrogen-bond donors (Lipinski definition) is 2. The van der Waals surface area contributed by atoms with Crippen LogP contribution in [0.5, 0.6) is 0 Å². The third kappa shape index (κ3) is 3.83. The monoisotopic (exact) mass is 323 g/mol. The first-order valence-corrected chi connectivity index (χ1v) is 6.71. The maximum atomic E-state index is 13.4. The molecule has 100 valence electrons. The Kier molecular flexibility index (Phi) is 4.63. The number of aromatic nitrogens is 1. The maximum Gasteiger partial charge on any atom is 0.124 e. The molecule has 5 heteroatoms. The lowest BCUT2D eigenvalue weighted by atomic mass is 9.99. The van der Waals surface area contributed by atoms with Crippen molar-refractivity contribution in [2.45, 2.75) is 19.4 Å². The fourth-order valence-electron chi connectivity index (χ4n) is 2.02. The van der Waals surface area contributed by atoms with Crippen LogP contribution in [0.4, 0.5) is 4.39 Å². The molecule has 1 aromatic heterocycles. The first kappa shape index (κ1) is 14.1. The van der Waals surface area contributed by atoms with Gasteiger partial charge in [-0.2, -0.15) is 0 Å². The highest BCUT2D eigenvalue weighted by Gasteiger charge is 2.12. The molecule has 0 bridgehead atoms. The molecule has 0 amide bonds. The third-order valence-electron chi connectivity index (χ3n) is 2.89. The summed E-state index contributed by atoms with van der Waals surface area (Å²) < 4.78 is 14.1. The molecule has 3 nitrogen and oxygen atoms in total. The van der Waals surface area contributed by atoms with Crippen molar-refractivity contribution in [1.82, 2.24) is 10.4 Å². The van der Waals surface area contributed by atoms with Crippen LogP contribution in [0.1, 0.15) is 22.9 Å². The van der Waals surface area contributed by atoms with E-state index in [9.17, 15) is 4.39 Å². The van der Waals surface area contributed by atoms with Gasteiger partial charge in [-0.25, -0.2) is 4.39 Å². The Bertz CT molecular complexity index is 554. The minimum atomic E-state index is -0.258. The van der Waals surface area contributed by atoms with Gasteiger partial charge in [0.15, 0.2) is 0 Å². The summed E-state index contributed by atoms with van der Waals surface area (Å²) >= 11 is 3.29. The highest BCUT2D eigenvalue weighted by molar-refractivity contribution is 9.10. The van der Waals surface area contributed by atoms with E-state index in [1.807, 2.05) is 25.1 Å². The second-order valence-corrected chi connectivity index (χ2v) is 5.35. The van der Waals surface area contributed by atoms with E-state index in [-0.39, 0.29) is 11.9 Å². The summed E-state index contributed by atoms with van der Waals surface area (Å²) in [4.78, 5) is 4.16. The van der Waals surface area contributed by atoms with Crippen molar-refractivity contribution >= 4 is 15.9 Å². The van der Waals surface area contributed by atoms with Crippen molar-refractivity contribution in [3.8, 4) is 0 Å². The predicted octanol–water partition coefficient (Wildman–Crippen LogP) is 3.04. The quantitative estimate of drug-likeness (QED) is 0.671. The summed E-state index contributed by atoms with van der Waals surface area (Å²) in [7, 11) is 0. The zero-order chi connectivity index (χ0) is 13.8. The summed E-state index contributed by atoms with van der Waals surface area (Å²) in [6.07, 6.45) is 2.35. The van der Waals surface area contributed by atoms with Gasteiger partial charge in [-0.1, -0.05) is 15.9 Å². The summed E-state index contributed by atoms with van der Waals surface area (Å²) in [5.74, 6) is 5.34. The molecule has 0 aliphatic carbocycles. The zero-order valence-corrected chi connectivity index (χ0v) is 12.1. The van der Waals surface area contributed by atoms with Crippen molar-refractivity contribution in [2.75, 3.05) is 0 Å². The van der Waals surface area contributed by atoms with Crippen LogP contribution in [0.25, 0.3) is 0 Å². The number of aryl methyl sites for hydroxylation is 1. The van der Waals surface area contributed by atoms with Crippen molar-refractivity contribution in [3.05, 3.63) is 63.6 Å². The van der Waals surface area contributed by atoms with Crippen LogP contribution in [-0.2, 0) is 6.42 Å². The van der Waals surface area contributed by atoms with Crippen molar-refractivity contribution in [1.29, 1.82) is 0 Å². The number of nitrogens with two attached hydrogens (primary N) is 1. The smallest absolute Gasteiger partial charge is 0.124 e. The first-order chi connectivity index (χ1) is 9.08. The summed E-state index contributed by atoms with van der Waals surface area (Å²) in [6, 6.07) is 8.65. The van der Waals surface area contributed by atoms with Gasteiger partial charge < -0.3 is 0 Å². The van der Waals surface area contributed by atoms with Gasteiger partial charge in [0, 0.05) is 16.4 Å². The van der Waals surface area contributed by atoms with E-state index in [4.69, 9.17) is 5.84 Å². The summed E-state index contributed by atoms with van der Waals surface area (Å²) in [5.41, 5.74) is 5.61. The topological polar surface area (TPSA) is 50.9 Å². The van der Waals surface area contributed by atoms with Gasteiger partial charge in [-0.15, -0.1) is 0 Å². The van der Waals surface area contributed by atoms with Crippen LogP contribution in [0, 0.1) is 12.7 Å². The Morgan fingerprint density at radius 1 is 1.37 bits per heavy atom. The molecule has 0 spiro atoms. The summed E-state index contributed by atoms with van der Waals surface area (Å²) in [6.45, 7) is 1.93. The molecule has 0 fully saturated rings. The van der Waals surface area contributed by atoms with Crippen LogP contribution >= 0.6 is 15.9 Å². The Hall–Kier alpha value is -1.30. The SMILES string of the molecule is Cc1cc(C(Cc2cc(F)cc(Br)c2)NN)ccn1. The Labute approximate surface area is 120 Å². The summed E-state index contributed by atoms with van der Waals surface area (Å²) in [5, 5.41) is 0. The fourth-order valence-corrected chi connectivity index (χ4v) is 2.53. The van der Waals surface area contributed by atoms with E-state index >= 15 is 0 Å². The van der Waals surface area contributed by atoms with Crippen molar-refractivity contribution in [3.63, 3.8) is 0 Å². The number of hydrazine groups is 1. The molecule has 2 aromatic rings. The Morgan fingerprint density at radius 2 is 2.16 bits per heavy atom. The fraction of sp³-hybridized carbons (Fsp3) is 0.214. The van der Waals surface area contributed by atoms with Crippen LogP contribution in [0.2, 0.25) is 0 Å². The molecule has 19 heavy (non-hydrogen) atoms. The van der Waals surface area contributed by atoms with Gasteiger partial charge in [0.25, 0.3) is 0 Å². The van der Waals surface area contributed by atoms with Crippen LogP contribution < -0.4 is 11.3 Å². The molecule has 1 aromatic carbocycles. The van der Waals surface area contributed by atoms with Crippen molar-refractivity contribution < 1.29 is 4.39 Å². The number of nitrogens with one attached hydrogen (secondary N) is 1. The molecular formula is C14H15BrFN3. The number of hydrogen-bond acceptors (Lipinski definition) is 3.